The van der Waals surface area contributed by atoms with Gasteiger partial charge in [0, 0.05) is 63.0 Å². The Hall–Kier alpha value is -4.61. The number of amides is 2. The molecular weight excluding hydrogens is 600 g/mol. The molecule has 0 N–H and O–H groups in total. The number of methoxy groups -OCH3 is 1. The fraction of sp³-hybridized carbons (Fsp3) is 0.425. The Bertz CT molecular complexity index is 1810. The summed E-state index contributed by atoms with van der Waals surface area (Å²) in [6.07, 6.45) is 5.34. The van der Waals surface area contributed by atoms with E-state index < -0.39 is 11.5 Å². The average Bonchev–Trinajstić information content (AvgIpc) is 3.88. The number of carbonyl (C=O) groups is 2. The number of aromatic nitrogens is 1. The molecule has 8 heteroatoms. The van der Waals surface area contributed by atoms with Crippen LogP contribution in [0.25, 0.3) is 22.0 Å². The molecule has 2 fully saturated rings. The molecule has 2 amide bonds. The van der Waals surface area contributed by atoms with Gasteiger partial charge in [0.1, 0.15) is 5.60 Å². The molecule has 1 aliphatic carbocycles. The summed E-state index contributed by atoms with van der Waals surface area (Å²) >= 11 is 0. The van der Waals surface area contributed by atoms with Crippen LogP contribution in [0.5, 0.6) is 0 Å². The number of hydrogen-bond donors (Lipinski definition) is 0. The molecule has 1 saturated carbocycles. The minimum Gasteiger partial charge on any atom is -0.444 e. The lowest BCUT2D eigenvalue weighted by Gasteiger charge is -2.40. The second kappa shape index (κ2) is 14.2. The quantitative estimate of drug-likeness (QED) is 0.165. The Morgan fingerprint density at radius 1 is 0.979 bits per heavy atom. The fourth-order valence-electron chi connectivity index (χ4n) is 6.99. The summed E-state index contributed by atoms with van der Waals surface area (Å²) in [4.78, 5) is 32.0. The van der Waals surface area contributed by atoms with E-state index in [1.807, 2.05) is 51.1 Å². The smallest absolute Gasteiger partial charge is 0.410 e. The molecule has 48 heavy (non-hydrogen) atoms. The van der Waals surface area contributed by atoms with Crippen molar-refractivity contribution in [1.29, 1.82) is 5.26 Å². The highest BCUT2D eigenvalue weighted by Gasteiger charge is 2.43. The van der Waals surface area contributed by atoms with Gasteiger partial charge in [0.05, 0.1) is 17.6 Å². The fourth-order valence-corrected chi connectivity index (χ4v) is 6.99. The lowest BCUT2D eigenvalue weighted by molar-refractivity contribution is -0.139. The number of aryl methyl sites for hydroxylation is 1. The minimum atomic E-state index is -0.628. The second-order valence-electron chi connectivity index (χ2n) is 14.2. The van der Waals surface area contributed by atoms with Crippen molar-refractivity contribution in [3.05, 3.63) is 95.7 Å². The van der Waals surface area contributed by atoms with Crippen LogP contribution < -0.4 is 0 Å². The van der Waals surface area contributed by atoms with Crippen molar-refractivity contribution in [1.82, 2.24) is 14.4 Å². The summed E-state index contributed by atoms with van der Waals surface area (Å²) < 4.78 is 13.4. The second-order valence-corrected chi connectivity index (χ2v) is 14.2. The Morgan fingerprint density at radius 2 is 1.73 bits per heavy atom. The van der Waals surface area contributed by atoms with Crippen molar-refractivity contribution in [2.75, 3.05) is 26.8 Å². The zero-order chi connectivity index (χ0) is 33.8. The first-order valence-electron chi connectivity index (χ1n) is 17.1. The largest absolute Gasteiger partial charge is 0.444 e. The maximum Gasteiger partial charge on any atom is 0.410 e. The average molecular weight is 647 g/mol. The van der Waals surface area contributed by atoms with Gasteiger partial charge in [-0.25, -0.2) is 4.79 Å². The number of ether oxygens (including phenoxy) is 2. The number of nitrogens with zero attached hydrogens (tertiary/aromatic N) is 4. The van der Waals surface area contributed by atoms with Gasteiger partial charge in [-0.3, -0.25) is 4.79 Å². The summed E-state index contributed by atoms with van der Waals surface area (Å²) in [5.74, 6) is -0.418. The van der Waals surface area contributed by atoms with Crippen LogP contribution in [0.2, 0.25) is 0 Å². The highest BCUT2D eigenvalue weighted by molar-refractivity contribution is 5.86. The van der Waals surface area contributed by atoms with Crippen LogP contribution in [-0.2, 0) is 27.4 Å². The van der Waals surface area contributed by atoms with Gasteiger partial charge in [-0.15, -0.1) is 0 Å². The lowest BCUT2D eigenvalue weighted by Crippen LogP contribution is -2.51. The molecule has 2 heterocycles. The van der Waals surface area contributed by atoms with Gasteiger partial charge in [-0.2, -0.15) is 5.26 Å². The van der Waals surface area contributed by atoms with Crippen LogP contribution in [0, 0.1) is 17.2 Å². The Morgan fingerprint density at radius 3 is 2.46 bits per heavy atom. The summed E-state index contributed by atoms with van der Waals surface area (Å²) in [5, 5.41) is 10.6. The van der Waals surface area contributed by atoms with Gasteiger partial charge in [-0.1, -0.05) is 54.6 Å². The molecule has 250 valence electrons. The molecule has 4 aromatic rings. The molecule has 6 rings (SSSR count). The minimum absolute atomic E-state index is 0.0769. The SMILES string of the molecule is COCCCn1cc(CN(C(=O)[C@H]2CN(C(=O)OC(C)(C)C)CC[C@@H]2c2cccc(-c3cccc(C#N)c3)c2)C2CC2)c2ccccc21. The molecule has 2 aliphatic rings. The molecule has 3 aromatic carbocycles. The standard InChI is InChI=1S/C40H46N4O4/c1-40(2,3)48-39(46)43-20-18-34(31-13-8-12-30(23-31)29-11-7-10-28(22-29)24-41)36(27-43)38(45)44(33-16-17-33)26-32-25-42(19-9-21-47-4)37-15-6-5-14-35(32)37/h5-8,10-15,22-23,25,33-34,36H,9,16-21,26-27H2,1-4H3/t34-,36+/m1/s1. The molecule has 0 bridgehead atoms. The third-order valence-electron chi connectivity index (χ3n) is 9.45. The summed E-state index contributed by atoms with van der Waals surface area (Å²) in [5.41, 5.74) is 5.32. The van der Waals surface area contributed by atoms with Crippen LogP contribution in [0.3, 0.4) is 0 Å². The molecule has 0 unspecified atom stereocenters. The van der Waals surface area contributed by atoms with Crippen molar-refractivity contribution in [2.45, 2.75) is 77.1 Å². The van der Waals surface area contributed by atoms with E-state index in [1.54, 1.807) is 18.1 Å². The van der Waals surface area contributed by atoms with Crippen molar-refractivity contribution in [2.24, 2.45) is 5.92 Å². The molecule has 0 spiro atoms. The third kappa shape index (κ3) is 7.58. The van der Waals surface area contributed by atoms with E-state index in [9.17, 15) is 14.9 Å². The van der Waals surface area contributed by atoms with Gasteiger partial charge >= 0.3 is 6.09 Å². The summed E-state index contributed by atoms with van der Waals surface area (Å²) in [6, 6.07) is 26.8. The topological polar surface area (TPSA) is 87.8 Å². The number of fused-ring (bicyclic) bond motifs is 1. The zero-order valence-corrected chi connectivity index (χ0v) is 28.5. The first-order chi connectivity index (χ1) is 23.1. The monoisotopic (exact) mass is 646 g/mol. The number of rotatable bonds is 10. The number of hydrogen-bond acceptors (Lipinski definition) is 5. The van der Waals surface area contributed by atoms with E-state index in [-0.39, 0.29) is 24.0 Å². The Balaban J connectivity index is 1.33. The summed E-state index contributed by atoms with van der Waals surface area (Å²) in [7, 11) is 1.73. The number of nitriles is 1. The van der Waals surface area contributed by atoms with Gasteiger partial charge in [0.25, 0.3) is 0 Å². The first-order valence-corrected chi connectivity index (χ1v) is 17.1. The predicted molar refractivity (Wildman–Crippen MR) is 187 cm³/mol. The van der Waals surface area contributed by atoms with Crippen LogP contribution >= 0.6 is 0 Å². The van der Waals surface area contributed by atoms with E-state index in [0.29, 0.717) is 38.2 Å². The highest BCUT2D eigenvalue weighted by atomic mass is 16.6. The van der Waals surface area contributed by atoms with Crippen LogP contribution in [0.4, 0.5) is 4.79 Å². The van der Waals surface area contributed by atoms with Crippen molar-refractivity contribution in [3.8, 4) is 17.2 Å². The zero-order valence-electron chi connectivity index (χ0n) is 28.5. The normalized spacial score (nSPS) is 18.0. The number of likely N-dealkylation sites (tertiary alicyclic amines) is 1. The first kappa shape index (κ1) is 33.3. The number of carbonyl (C=O) groups excluding carboxylic acids is 2. The van der Waals surface area contributed by atoms with Crippen molar-refractivity contribution in [3.63, 3.8) is 0 Å². The number of para-hydroxylation sites is 1. The lowest BCUT2D eigenvalue weighted by atomic mass is 9.79. The Labute approximate surface area is 283 Å². The molecule has 2 atom stereocenters. The molecule has 1 saturated heterocycles. The Kier molecular flexibility index (Phi) is 9.88. The summed E-state index contributed by atoms with van der Waals surface area (Å²) in [6.45, 7) is 8.48. The molecule has 8 nitrogen and oxygen atoms in total. The van der Waals surface area contributed by atoms with Gasteiger partial charge in [-0.05, 0) is 92.8 Å². The van der Waals surface area contributed by atoms with Crippen molar-refractivity contribution >= 4 is 22.9 Å². The van der Waals surface area contributed by atoms with Gasteiger partial charge in [0.15, 0.2) is 0 Å². The molecule has 0 radical (unpaired) electrons. The van der Waals surface area contributed by atoms with E-state index in [2.05, 4.69) is 58.1 Å². The van der Waals surface area contributed by atoms with E-state index in [4.69, 9.17) is 9.47 Å². The van der Waals surface area contributed by atoms with E-state index in [0.717, 1.165) is 59.0 Å². The number of piperidine rings is 1. The molecule has 1 aliphatic heterocycles. The van der Waals surface area contributed by atoms with Crippen LogP contribution in [0.1, 0.15) is 69.1 Å². The molecule has 1 aromatic heterocycles. The van der Waals surface area contributed by atoms with Crippen molar-refractivity contribution < 1.29 is 19.1 Å². The van der Waals surface area contributed by atoms with Crippen LogP contribution in [0.15, 0.2) is 79.0 Å². The maximum atomic E-state index is 14.9. The highest BCUT2D eigenvalue weighted by Crippen LogP contribution is 2.40. The maximum absolute atomic E-state index is 14.9. The predicted octanol–water partition coefficient (Wildman–Crippen LogP) is 7.75. The van der Waals surface area contributed by atoms with E-state index in [1.165, 1.54) is 0 Å². The van der Waals surface area contributed by atoms with E-state index >= 15 is 0 Å². The number of benzene rings is 3. The molecular formula is C40H46N4O4. The van der Waals surface area contributed by atoms with Crippen LogP contribution in [-0.4, -0.2) is 64.8 Å². The third-order valence-corrected chi connectivity index (χ3v) is 9.45. The van der Waals surface area contributed by atoms with Gasteiger partial charge in [0.2, 0.25) is 5.91 Å². The van der Waals surface area contributed by atoms with Gasteiger partial charge < -0.3 is 23.8 Å².